The van der Waals surface area contributed by atoms with Crippen molar-refractivity contribution in [3.05, 3.63) is 48.6 Å². The molecule has 0 N–H and O–H groups in total. The number of benzene rings is 1. The minimum absolute atomic E-state index is 0.104. The number of hydrogen-bond donors (Lipinski definition) is 0. The maximum Gasteiger partial charge on any atom is 0.205 e. The van der Waals surface area contributed by atoms with Crippen molar-refractivity contribution in [2.24, 2.45) is 11.8 Å². The molecule has 0 aliphatic rings. The summed E-state index contributed by atoms with van der Waals surface area (Å²) < 4.78 is 12.0. The Bertz CT molecular complexity index is 487. The summed E-state index contributed by atoms with van der Waals surface area (Å²) >= 11 is 0. The van der Waals surface area contributed by atoms with Gasteiger partial charge in [-0.15, -0.1) is 0 Å². The molecule has 0 bridgehead atoms. The van der Waals surface area contributed by atoms with E-state index < -0.39 is 9.04 Å². The van der Waals surface area contributed by atoms with Gasteiger partial charge in [-0.25, -0.2) is 0 Å². The SMILES string of the molecule is C=CC#C[C@H](C)[C@H](O[Si](C)C)[C@@H](C)COCc1ccccc1. The van der Waals surface area contributed by atoms with E-state index in [9.17, 15) is 0 Å². The minimum atomic E-state index is -0.772. The monoisotopic (exact) mass is 315 g/mol. The van der Waals surface area contributed by atoms with Gasteiger partial charge in [0, 0.05) is 11.8 Å². The summed E-state index contributed by atoms with van der Waals surface area (Å²) in [5.41, 5.74) is 1.20. The lowest BCUT2D eigenvalue weighted by Gasteiger charge is -2.29. The molecule has 22 heavy (non-hydrogen) atoms. The van der Waals surface area contributed by atoms with Gasteiger partial charge in [-0.1, -0.05) is 55.7 Å². The van der Waals surface area contributed by atoms with Crippen molar-refractivity contribution in [1.82, 2.24) is 0 Å². The third-order valence-corrected chi connectivity index (χ3v) is 4.07. The number of rotatable bonds is 8. The van der Waals surface area contributed by atoms with Crippen molar-refractivity contribution in [3.63, 3.8) is 0 Å². The predicted octanol–water partition coefficient (Wildman–Crippen LogP) is 4.30. The van der Waals surface area contributed by atoms with Crippen molar-refractivity contribution < 1.29 is 9.16 Å². The molecular formula is C19H27O2Si. The largest absolute Gasteiger partial charge is 0.413 e. The Morgan fingerprint density at radius 2 is 1.91 bits per heavy atom. The molecule has 0 heterocycles. The number of ether oxygens (including phenoxy) is 1. The lowest BCUT2D eigenvalue weighted by atomic mass is 9.94. The topological polar surface area (TPSA) is 18.5 Å². The molecule has 1 rings (SSSR count). The van der Waals surface area contributed by atoms with Crippen LogP contribution in [0.15, 0.2) is 43.0 Å². The smallest absolute Gasteiger partial charge is 0.205 e. The number of hydrogen-bond acceptors (Lipinski definition) is 2. The third-order valence-electron chi connectivity index (χ3n) is 3.33. The summed E-state index contributed by atoms with van der Waals surface area (Å²) in [5, 5.41) is 0. The van der Waals surface area contributed by atoms with Crippen LogP contribution >= 0.6 is 0 Å². The lowest BCUT2D eigenvalue weighted by Crippen LogP contribution is -2.34. The molecule has 3 atom stereocenters. The highest BCUT2D eigenvalue weighted by Gasteiger charge is 2.24. The van der Waals surface area contributed by atoms with Crippen molar-refractivity contribution >= 4 is 9.04 Å². The second-order valence-electron chi connectivity index (χ2n) is 5.75. The van der Waals surface area contributed by atoms with E-state index in [1.54, 1.807) is 6.08 Å². The van der Waals surface area contributed by atoms with E-state index >= 15 is 0 Å². The zero-order valence-electron chi connectivity index (χ0n) is 14.1. The van der Waals surface area contributed by atoms with Crippen LogP contribution in [-0.2, 0) is 15.8 Å². The van der Waals surface area contributed by atoms with E-state index in [1.165, 1.54) is 5.56 Å². The molecule has 0 saturated carbocycles. The fourth-order valence-corrected chi connectivity index (χ4v) is 3.27. The van der Waals surface area contributed by atoms with Crippen LogP contribution in [0.2, 0.25) is 13.1 Å². The van der Waals surface area contributed by atoms with Gasteiger partial charge in [0.15, 0.2) is 0 Å². The zero-order chi connectivity index (χ0) is 16.4. The van der Waals surface area contributed by atoms with Crippen LogP contribution in [0.3, 0.4) is 0 Å². The molecular weight excluding hydrogens is 288 g/mol. The lowest BCUT2D eigenvalue weighted by molar-refractivity contribution is 0.0268. The zero-order valence-corrected chi connectivity index (χ0v) is 15.1. The summed E-state index contributed by atoms with van der Waals surface area (Å²) in [5.74, 6) is 6.62. The average Bonchev–Trinajstić information content (AvgIpc) is 2.51. The van der Waals surface area contributed by atoms with Crippen molar-refractivity contribution in [2.45, 2.75) is 39.7 Å². The summed E-state index contributed by atoms with van der Waals surface area (Å²) in [6.07, 6.45) is 1.74. The van der Waals surface area contributed by atoms with Crippen LogP contribution in [0.5, 0.6) is 0 Å². The van der Waals surface area contributed by atoms with Crippen LogP contribution in [0, 0.1) is 23.7 Å². The van der Waals surface area contributed by atoms with E-state index in [-0.39, 0.29) is 12.0 Å². The molecule has 2 nitrogen and oxygen atoms in total. The van der Waals surface area contributed by atoms with Gasteiger partial charge in [-0.3, -0.25) is 0 Å². The average molecular weight is 316 g/mol. The summed E-state index contributed by atoms with van der Waals surface area (Å²) in [7, 11) is -0.772. The predicted molar refractivity (Wildman–Crippen MR) is 94.8 cm³/mol. The van der Waals surface area contributed by atoms with Crippen LogP contribution in [-0.4, -0.2) is 21.8 Å². The summed E-state index contributed by atoms with van der Waals surface area (Å²) in [6.45, 7) is 13.6. The molecule has 1 aromatic rings. The molecule has 0 aliphatic carbocycles. The van der Waals surface area contributed by atoms with Gasteiger partial charge in [0.2, 0.25) is 9.04 Å². The number of allylic oxidation sites excluding steroid dienone is 1. The fraction of sp³-hybridized carbons (Fsp3) is 0.474. The van der Waals surface area contributed by atoms with Crippen LogP contribution in [0.1, 0.15) is 19.4 Å². The van der Waals surface area contributed by atoms with Gasteiger partial charge in [-0.2, -0.15) is 0 Å². The second kappa shape index (κ2) is 10.4. The first-order valence-corrected chi connectivity index (χ1v) is 10.2. The Kier molecular flexibility index (Phi) is 8.84. The highest BCUT2D eigenvalue weighted by atomic mass is 28.3. The van der Waals surface area contributed by atoms with Crippen LogP contribution < -0.4 is 0 Å². The molecule has 0 fully saturated rings. The van der Waals surface area contributed by atoms with E-state index in [0.717, 1.165) is 0 Å². The van der Waals surface area contributed by atoms with Gasteiger partial charge < -0.3 is 9.16 Å². The maximum absolute atomic E-state index is 6.16. The van der Waals surface area contributed by atoms with Crippen LogP contribution in [0.4, 0.5) is 0 Å². The first-order chi connectivity index (χ1) is 10.5. The maximum atomic E-state index is 6.16. The molecule has 0 spiro atoms. The Morgan fingerprint density at radius 1 is 1.23 bits per heavy atom. The quantitative estimate of drug-likeness (QED) is 0.526. The molecule has 0 aliphatic heterocycles. The Morgan fingerprint density at radius 3 is 2.50 bits per heavy atom. The summed E-state index contributed by atoms with van der Waals surface area (Å²) in [6, 6.07) is 10.2. The Labute approximate surface area is 137 Å². The van der Waals surface area contributed by atoms with Gasteiger partial charge in [0.1, 0.15) is 0 Å². The van der Waals surface area contributed by atoms with Crippen molar-refractivity contribution in [2.75, 3.05) is 6.61 Å². The van der Waals surface area contributed by atoms with E-state index in [4.69, 9.17) is 9.16 Å². The molecule has 1 aromatic carbocycles. The molecule has 0 unspecified atom stereocenters. The van der Waals surface area contributed by atoms with Gasteiger partial charge in [0.05, 0.1) is 19.3 Å². The van der Waals surface area contributed by atoms with E-state index in [2.05, 4.69) is 57.5 Å². The van der Waals surface area contributed by atoms with Gasteiger partial charge in [0.25, 0.3) is 0 Å². The fourth-order valence-electron chi connectivity index (χ4n) is 2.29. The van der Waals surface area contributed by atoms with Crippen molar-refractivity contribution in [1.29, 1.82) is 0 Å². The standard InChI is InChI=1S/C19H27O2Si/c1-6-7-11-16(2)19(21-22(4)5)17(3)14-20-15-18-12-9-8-10-13-18/h6,8-10,12-13,16-17,19H,1,14-15H2,2-5H3/t16-,17-,19-/m0/s1. The third kappa shape index (κ3) is 7.08. The highest BCUT2D eigenvalue weighted by Crippen LogP contribution is 2.19. The van der Waals surface area contributed by atoms with Crippen molar-refractivity contribution in [3.8, 4) is 11.8 Å². The Balaban J connectivity index is 2.55. The molecule has 0 amide bonds. The van der Waals surface area contributed by atoms with Gasteiger partial charge >= 0.3 is 0 Å². The van der Waals surface area contributed by atoms with Gasteiger partial charge in [-0.05, 0) is 31.7 Å². The Hall–Kier alpha value is -1.34. The molecule has 1 radical (unpaired) electrons. The van der Waals surface area contributed by atoms with E-state index in [0.29, 0.717) is 19.1 Å². The van der Waals surface area contributed by atoms with E-state index in [1.807, 2.05) is 18.2 Å². The molecule has 0 aromatic heterocycles. The molecule has 3 heteroatoms. The molecule has 0 saturated heterocycles. The summed E-state index contributed by atoms with van der Waals surface area (Å²) in [4.78, 5) is 0. The second-order valence-corrected chi connectivity index (χ2v) is 7.80. The molecule has 119 valence electrons. The van der Waals surface area contributed by atoms with Crippen LogP contribution in [0.25, 0.3) is 0 Å². The first kappa shape index (κ1) is 18.7. The first-order valence-electron chi connectivity index (χ1n) is 7.75. The highest BCUT2D eigenvalue weighted by molar-refractivity contribution is 6.48. The minimum Gasteiger partial charge on any atom is -0.413 e. The normalized spacial score (nSPS) is 14.8.